The molecule has 1 fully saturated rings. The second-order valence-electron chi connectivity index (χ2n) is 8.03. The number of anilines is 3. The fraction of sp³-hybridized carbons (Fsp3) is 0.167. The molecule has 5 nitrogen and oxygen atoms in total. The molecule has 30 heavy (non-hydrogen) atoms. The van der Waals surface area contributed by atoms with Gasteiger partial charge in [0, 0.05) is 0 Å². The molecule has 1 N–H and O–H groups in total. The molecule has 3 aromatic rings. The van der Waals surface area contributed by atoms with Gasteiger partial charge in [0.15, 0.2) is 0 Å². The van der Waals surface area contributed by atoms with Crippen LogP contribution in [0.1, 0.15) is 28.6 Å². The third-order valence-corrected chi connectivity index (χ3v) is 8.85. The summed E-state index contributed by atoms with van der Waals surface area (Å²) in [7, 11) is 1.50. The standard InChI is InChI=1S/C24H21N3O2Te/c1-24(2)17-11-7-8-12-20(17)27(15-9-5-4-6-10-15)22-18(24)13-16(30-22)14-19-21(28)26(3)23(29)25-19/h4-14H,1-3H3,(H,25,29)/b19-14+. The Morgan fingerprint density at radius 3 is 2.37 bits per heavy atom. The van der Waals surface area contributed by atoms with Crippen LogP contribution in [0, 0.1) is 0 Å². The van der Waals surface area contributed by atoms with Gasteiger partial charge in [0.2, 0.25) is 0 Å². The summed E-state index contributed by atoms with van der Waals surface area (Å²) in [6, 6.07) is 20.9. The molecule has 2 aliphatic heterocycles. The number of hydrogen-bond acceptors (Lipinski definition) is 3. The summed E-state index contributed by atoms with van der Waals surface area (Å²) in [4.78, 5) is 27.7. The quantitative estimate of drug-likeness (QED) is 0.316. The van der Waals surface area contributed by atoms with E-state index >= 15 is 0 Å². The summed E-state index contributed by atoms with van der Waals surface area (Å²) in [5, 5.41) is 2.69. The Labute approximate surface area is 185 Å². The molecular formula is C24H21N3O2Te. The summed E-state index contributed by atoms with van der Waals surface area (Å²) in [5.41, 5.74) is 5.16. The van der Waals surface area contributed by atoms with Crippen molar-refractivity contribution in [1.29, 1.82) is 0 Å². The first-order valence-electron chi connectivity index (χ1n) is 9.77. The van der Waals surface area contributed by atoms with Crippen LogP contribution in [0.5, 0.6) is 0 Å². The summed E-state index contributed by atoms with van der Waals surface area (Å²) < 4.78 is 2.48. The number of nitrogens with zero attached hydrogens (tertiary/aromatic N) is 2. The van der Waals surface area contributed by atoms with Gasteiger partial charge in [-0.05, 0) is 0 Å². The van der Waals surface area contributed by atoms with Crippen molar-refractivity contribution in [2.45, 2.75) is 19.3 Å². The molecule has 2 aromatic carbocycles. The number of benzene rings is 2. The maximum absolute atomic E-state index is 12.3. The van der Waals surface area contributed by atoms with Gasteiger partial charge in [0.05, 0.1) is 0 Å². The molecule has 1 aromatic heterocycles. The van der Waals surface area contributed by atoms with Gasteiger partial charge in [0.25, 0.3) is 0 Å². The van der Waals surface area contributed by atoms with Crippen molar-refractivity contribution in [3.05, 3.63) is 81.1 Å². The second-order valence-corrected chi connectivity index (χ2v) is 11.1. The van der Waals surface area contributed by atoms with Gasteiger partial charge in [-0.3, -0.25) is 0 Å². The van der Waals surface area contributed by atoms with Crippen LogP contribution < -0.4 is 10.2 Å². The first-order valence-corrected chi connectivity index (χ1v) is 12.1. The number of fused-ring (bicyclic) bond motifs is 2. The van der Waals surface area contributed by atoms with Gasteiger partial charge < -0.3 is 0 Å². The monoisotopic (exact) mass is 513 g/mol. The summed E-state index contributed by atoms with van der Waals surface area (Å²) in [6.45, 7) is 4.53. The van der Waals surface area contributed by atoms with Crippen molar-refractivity contribution in [2.24, 2.45) is 0 Å². The number of nitrogens with one attached hydrogen (secondary N) is 1. The van der Waals surface area contributed by atoms with E-state index in [1.807, 2.05) is 12.1 Å². The molecule has 0 unspecified atom stereocenters. The number of rotatable bonds is 2. The molecule has 0 spiro atoms. The number of hydrogen-bond donors (Lipinski definition) is 1. The van der Waals surface area contributed by atoms with Crippen LogP contribution in [0.2, 0.25) is 0 Å². The van der Waals surface area contributed by atoms with Crippen molar-refractivity contribution < 1.29 is 9.59 Å². The third kappa shape index (κ3) is 2.83. The maximum atomic E-state index is 12.3. The van der Waals surface area contributed by atoms with Crippen molar-refractivity contribution >= 4 is 53.5 Å². The average Bonchev–Trinajstić information content (AvgIpc) is 3.27. The predicted octanol–water partition coefficient (Wildman–Crippen LogP) is 4.38. The number of carbonyl (C=O) groups is 2. The van der Waals surface area contributed by atoms with Gasteiger partial charge >= 0.3 is 186 Å². The van der Waals surface area contributed by atoms with Gasteiger partial charge in [-0.1, -0.05) is 0 Å². The molecule has 3 heterocycles. The molecule has 150 valence electrons. The van der Waals surface area contributed by atoms with Crippen LogP contribution >= 0.6 is 0 Å². The SMILES string of the molecule is CN1C(=O)N/C(=C/c2cc3c([te]2)N(c2ccccc2)c2ccccc2C3(C)C)C1=O. The minimum absolute atomic E-state index is 0.137. The van der Waals surface area contributed by atoms with Gasteiger partial charge in [-0.2, -0.15) is 0 Å². The van der Waals surface area contributed by atoms with Crippen molar-refractivity contribution in [2.75, 3.05) is 11.9 Å². The third-order valence-electron chi connectivity index (χ3n) is 5.81. The normalized spacial score (nSPS) is 18.4. The van der Waals surface area contributed by atoms with Crippen molar-refractivity contribution in [3.8, 4) is 0 Å². The van der Waals surface area contributed by atoms with E-state index in [0.29, 0.717) is 5.70 Å². The van der Waals surface area contributed by atoms with Crippen LogP contribution in [0.4, 0.5) is 19.9 Å². The van der Waals surface area contributed by atoms with Crippen molar-refractivity contribution in [3.63, 3.8) is 0 Å². The number of imide groups is 1. The van der Waals surface area contributed by atoms with E-state index in [4.69, 9.17) is 0 Å². The molecule has 0 aliphatic carbocycles. The van der Waals surface area contributed by atoms with E-state index in [-0.39, 0.29) is 17.4 Å². The summed E-state index contributed by atoms with van der Waals surface area (Å²) in [6.07, 6.45) is 1.87. The van der Waals surface area contributed by atoms with Gasteiger partial charge in [-0.15, -0.1) is 0 Å². The Hall–Kier alpha value is -2.81. The molecule has 3 amide bonds. The number of amides is 3. The summed E-state index contributed by atoms with van der Waals surface area (Å²) in [5.74, 6) is -0.277. The van der Waals surface area contributed by atoms with Crippen LogP contribution in [0.15, 0.2) is 66.4 Å². The van der Waals surface area contributed by atoms with E-state index in [1.54, 1.807) is 0 Å². The van der Waals surface area contributed by atoms with E-state index in [0.717, 1.165) is 14.2 Å². The zero-order chi connectivity index (χ0) is 21.0. The Morgan fingerprint density at radius 2 is 1.67 bits per heavy atom. The Balaban J connectivity index is 1.69. The van der Waals surface area contributed by atoms with E-state index < -0.39 is 20.4 Å². The molecule has 0 radical (unpaired) electrons. The molecule has 1 saturated heterocycles. The summed E-state index contributed by atoms with van der Waals surface area (Å²) >= 11 is -0.758. The minimum atomic E-state index is -0.758. The fourth-order valence-corrected chi connectivity index (χ4v) is 7.83. The van der Waals surface area contributed by atoms with Crippen LogP contribution in [0.3, 0.4) is 0 Å². The van der Waals surface area contributed by atoms with Crippen molar-refractivity contribution in [1.82, 2.24) is 10.2 Å². The molecular weight excluding hydrogens is 490 g/mol. The number of likely N-dealkylation sites (N-methyl/N-ethyl adjacent to an activating group) is 1. The Bertz CT molecular complexity index is 1210. The van der Waals surface area contributed by atoms with Crippen LogP contribution in [-0.4, -0.2) is 44.3 Å². The first kappa shape index (κ1) is 19.2. The molecule has 0 saturated carbocycles. The number of para-hydroxylation sites is 2. The second kappa shape index (κ2) is 6.87. The predicted molar refractivity (Wildman–Crippen MR) is 119 cm³/mol. The van der Waals surface area contributed by atoms with E-state index in [9.17, 15) is 9.59 Å². The topological polar surface area (TPSA) is 52.7 Å². The molecule has 5 rings (SSSR count). The Kier molecular flexibility index (Phi) is 4.39. The molecule has 0 bridgehead atoms. The molecule has 2 aliphatic rings. The first-order chi connectivity index (χ1) is 14.4. The van der Waals surface area contributed by atoms with E-state index in [2.05, 4.69) is 78.7 Å². The van der Waals surface area contributed by atoms with Gasteiger partial charge in [0.1, 0.15) is 0 Å². The number of carbonyl (C=O) groups excluding carboxylic acids is 2. The van der Waals surface area contributed by atoms with Crippen LogP contribution in [-0.2, 0) is 10.2 Å². The average molecular weight is 511 g/mol. The molecule has 0 atom stereocenters. The fourth-order valence-electron chi connectivity index (χ4n) is 4.14. The van der Waals surface area contributed by atoms with Crippen LogP contribution in [0.25, 0.3) is 6.08 Å². The van der Waals surface area contributed by atoms with Gasteiger partial charge in [-0.25, -0.2) is 0 Å². The van der Waals surface area contributed by atoms with E-state index in [1.165, 1.54) is 27.6 Å². The molecule has 6 heteroatoms. The zero-order valence-corrected chi connectivity index (χ0v) is 19.3. The Morgan fingerprint density at radius 1 is 0.967 bits per heavy atom. The number of urea groups is 1. The zero-order valence-electron chi connectivity index (χ0n) is 17.0.